The molecule has 126 valence electrons. The highest BCUT2D eigenvalue weighted by Crippen LogP contribution is 2.38. The number of hydrogen-bond acceptors (Lipinski definition) is 3. The Morgan fingerprint density at radius 2 is 1.96 bits per heavy atom. The smallest absolute Gasteiger partial charge is 0.407 e. The number of likely N-dealkylation sites (tertiary alicyclic amines) is 1. The molecule has 23 heavy (non-hydrogen) atoms. The molecular formula is C19H28N2O2. The topological polar surface area (TPSA) is 41.6 Å². The van der Waals surface area contributed by atoms with Gasteiger partial charge in [0.05, 0.1) is 0 Å². The zero-order valence-electron chi connectivity index (χ0n) is 14.4. The summed E-state index contributed by atoms with van der Waals surface area (Å²) in [6, 6.07) is 10.9. The second-order valence-electron chi connectivity index (χ2n) is 7.93. The summed E-state index contributed by atoms with van der Waals surface area (Å²) in [5.74, 6) is 1.27. The van der Waals surface area contributed by atoms with Gasteiger partial charge in [0.1, 0.15) is 5.60 Å². The van der Waals surface area contributed by atoms with Crippen molar-refractivity contribution in [2.24, 2.45) is 11.8 Å². The molecule has 0 spiro atoms. The molecule has 1 saturated carbocycles. The first-order valence-electron chi connectivity index (χ1n) is 8.66. The molecule has 1 N–H and O–H groups in total. The lowest BCUT2D eigenvalue weighted by Gasteiger charge is -2.25. The quantitative estimate of drug-likeness (QED) is 0.929. The molecule has 0 bridgehead atoms. The average Bonchev–Trinajstić information content (AvgIpc) is 3.00. The Morgan fingerprint density at radius 1 is 1.22 bits per heavy atom. The summed E-state index contributed by atoms with van der Waals surface area (Å²) in [4.78, 5) is 14.6. The lowest BCUT2D eigenvalue weighted by Crippen LogP contribution is -2.42. The van der Waals surface area contributed by atoms with Gasteiger partial charge in [-0.15, -0.1) is 0 Å². The Bertz CT molecular complexity index is 538. The molecule has 1 amide bonds. The summed E-state index contributed by atoms with van der Waals surface area (Å²) in [6.45, 7) is 8.93. The summed E-state index contributed by atoms with van der Waals surface area (Å²) in [7, 11) is 0. The van der Waals surface area contributed by atoms with E-state index < -0.39 is 5.60 Å². The molecule has 2 aliphatic rings. The maximum atomic E-state index is 12.0. The Morgan fingerprint density at radius 3 is 2.65 bits per heavy atom. The average molecular weight is 316 g/mol. The minimum absolute atomic E-state index is 0.260. The number of hydrogen-bond donors (Lipinski definition) is 1. The van der Waals surface area contributed by atoms with Crippen LogP contribution < -0.4 is 5.32 Å². The van der Waals surface area contributed by atoms with Gasteiger partial charge in [-0.05, 0) is 51.0 Å². The molecule has 2 fully saturated rings. The molecule has 3 atom stereocenters. The molecule has 4 heteroatoms. The normalized spacial score (nSPS) is 27.7. The van der Waals surface area contributed by atoms with Crippen LogP contribution >= 0.6 is 0 Å². The summed E-state index contributed by atoms with van der Waals surface area (Å²) >= 11 is 0. The van der Waals surface area contributed by atoms with E-state index in [1.165, 1.54) is 12.0 Å². The van der Waals surface area contributed by atoms with Gasteiger partial charge in [0.2, 0.25) is 0 Å². The van der Waals surface area contributed by atoms with Gasteiger partial charge >= 0.3 is 6.09 Å². The maximum Gasteiger partial charge on any atom is 0.407 e. The second kappa shape index (κ2) is 6.52. The van der Waals surface area contributed by atoms with Crippen molar-refractivity contribution in [3.05, 3.63) is 35.9 Å². The van der Waals surface area contributed by atoms with Crippen molar-refractivity contribution in [2.75, 3.05) is 13.1 Å². The van der Waals surface area contributed by atoms with Crippen molar-refractivity contribution in [1.82, 2.24) is 10.2 Å². The van der Waals surface area contributed by atoms with Crippen molar-refractivity contribution in [3.8, 4) is 0 Å². The van der Waals surface area contributed by atoms with Crippen LogP contribution in [0.15, 0.2) is 30.3 Å². The van der Waals surface area contributed by atoms with Crippen LogP contribution in [0.1, 0.15) is 39.2 Å². The fraction of sp³-hybridized carbons (Fsp3) is 0.632. The van der Waals surface area contributed by atoms with Crippen molar-refractivity contribution in [3.63, 3.8) is 0 Å². The number of benzene rings is 1. The van der Waals surface area contributed by atoms with Crippen LogP contribution in [-0.4, -0.2) is 35.7 Å². The first-order chi connectivity index (χ1) is 10.9. The standard InChI is InChI=1S/C19H28N2O2/c1-19(2,3)23-18(22)20-17-10-9-15-12-21(13-16(15)17)11-14-7-5-4-6-8-14/h4-8,15-17H,9-13H2,1-3H3,(H,20,22)/t15-,16-,17+/m0/s1. The monoisotopic (exact) mass is 316 g/mol. The third-order valence-corrected chi connectivity index (χ3v) is 4.88. The molecule has 1 aromatic rings. The molecule has 3 rings (SSSR count). The van der Waals surface area contributed by atoms with Crippen molar-refractivity contribution < 1.29 is 9.53 Å². The van der Waals surface area contributed by atoms with Gasteiger partial charge in [0.25, 0.3) is 0 Å². The molecule has 0 radical (unpaired) electrons. The molecule has 0 unspecified atom stereocenters. The molecule has 1 aliphatic heterocycles. The summed E-state index contributed by atoms with van der Waals surface area (Å²) in [6.07, 6.45) is 2.01. The Labute approximate surface area is 139 Å². The van der Waals surface area contributed by atoms with E-state index in [2.05, 4.69) is 40.5 Å². The summed E-state index contributed by atoms with van der Waals surface area (Å²) in [5.41, 5.74) is 0.932. The molecule has 0 aromatic heterocycles. The van der Waals surface area contributed by atoms with Crippen LogP contribution in [0.5, 0.6) is 0 Å². The zero-order chi connectivity index (χ0) is 16.4. The first kappa shape index (κ1) is 16.3. The Hall–Kier alpha value is -1.55. The number of rotatable bonds is 3. The third kappa shape index (κ3) is 4.25. The highest BCUT2D eigenvalue weighted by atomic mass is 16.6. The van der Waals surface area contributed by atoms with Gasteiger partial charge < -0.3 is 10.1 Å². The second-order valence-corrected chi connectivity index (χ2v) is 7.93. The molecule has 1 aliphatic carbocycles. The van der Waals surface area contributed by atoms with Gasteiger partial charge in [-0.2, -0.15) is 0 Å². The third-order valence-electron chi connectivity index (χ3n) is 4.88. The van der Waals surface area contributed by atoms with E-state index in [9.17, 15) is 4.79 Å². The van der Waals surface area contributed by atoms with Crippen LogP contribution in [0.3, 0.4) is 0 Å². The predicted octanol–water partition coefficient (Wildman–Crippen LogP) is 3.42. The number of nitrogens with one attached hydrogen (secondary N) is 1. The van der Waals surface area contributed by atoms with Gasteiger partial charge in [0, 0.05) is 25.7 Å². The number of fused-ring (bicyclic) bond motifs is 1. The van der Waals surface area contributed by atoms with Crippen LogP contribution in [0.4, 0.5) is 4.79 Å². The first-order valence-corrected chi connectivity index (χ1v) is 8.66. The molecule has 1 heterocycles. The molecule has 1 saturated heterocycles. The van der Waals surface area contributed by atoms with E-state index in [0.717, 1.165) is 26.1 Å². The lowest BCUT2D eigenvalue weighted by molar-refractivity contribution is 0.0491. The largest absolute Gasteiger partial charge is 0.444 e. The molecular weight excluding hydrogens is 288 g/mol. The number of carbonyl (C=O) groups is 1. The van der Waals surface area contributed by atoms with Gasteiger partial charge in [-0.3, -0.25) is 4.90 Å². The number of amides is 1. The predicted molar refractivity (Wildman–Crippen MR) is 91.1 cm³/mol. The number of nitrogens with zero attached hydrogens (tertiary/aromatic N) is 1. The minimum Gasteiger partial charge on any atom is -0.444 e. The fourth-order valence-electron chi connectivity index (χ4n) is 3.97. The van der Waals surface area contributed by atoms with E-state index in [4.69, 9.17) is 4.74 Å². The fourth-order valence-corrected chi connectivity index (χ4v) is 3.97. The highest BCUT2D eigenvalue weighted by molar-refractivity contribution is 5.68. The van der Waals surface area contributed by atoms with Gasteiger partial charge in [-0.25, -0.2) is 4.79 Å². The number of alkyl carbamates (subject to hydrolysis) is 1. The van der Waals surface area contributed by atoms with Gasteiger partial charge in [0.15, 0.2) is 0 Å². The number of ether oxygens (including phenoxy) is 1. The van der Waals surface area contributed by atoms with E-state index in [1.54, 1.807) is 0 Å². The minimum atomic E-state index is -0.433. The van der Waals surface area contributed by atoms with E-state index in [-0.39, 0.29) is 12.1 Å². The number of carbonyl (C=O) groups excluding carboxylic acids is 1. The van der Waals surface area contributed by atoms with Crippen molar-refractivity contribution in [2.45, 2.75) is 51.8 Å². The van der Waals surface area contributed by atoms with Gasteiger partial charge in [-0.1, -0.05) is 30.3 Å². The van der Waals surface area contributed by atoms with Crippen LogP contribution in [0, 0.1) is 11.8 Å². The van der Waals surface area contributed by atoms with Crippen molar-refractivity contribution >= 4 is 6.09 Å². The Kier molecular flexibility index (Phi) is 4.62. The summed E-state index contributed by atoms with van der Waals surface area (Å²) < 4.78 is 5.41. The van der Waals surface area contributed by atoms with Crippen LogP contribution in [0.2, 0.25) is 0 Å². The van der Waals surface area contributed by atoms with Crippen molar-refractivity contribution in [1.29, 1.82) is 0 Å². The molecule has 4 nitrogen and oxygen atoms in total. The highest BCUT2D eigenvalue weighted by Gasteiger charge is 2.43. The van der Waals surface area contributed by atoms with E-state index in [0.29, 0.717) is 11.8 Å². The lowest BCUT2D eigenvalue weighted by atomic mass is 9.98. The van der Waals surface area contributed by atoms with E-state index in [1.807, 2.05) is 20.8 Å². The SMILES string of the molecule is CC(C)(C)OC(=O)N[C@@H]1CC[C@H]2CN(Cc3ccccc3)C[C@@H]21. The summed E-state index contributed by atoms with van der Waals surface area (Å²) in [5, 5.41) is 3.10. The van der Waals surface area contributed by atoms with Crippen LogP contribution in [-0.2, 0) is 11.3 Å². The zero-order valence-corrected chi connectivity index (χ0v) is 14.4. The van der Waals surface area contributed by atoms with E-state index >= 15 is 0 Å². The Balaban J connectivity index is 1.53. The maximum absolute atomic E-state index is 12.0. The molecule has 1 aromatic carbocycles. The van der Waals surface area contributed by atoms with Crippen LogP contribution in [0.25, 0.3) is 0 Å².